The number of nitrogens with one attached hydrogen (secondary N) is 6. The van der Waals surface area contributed by atoms with Gasteiger partial charge in [0.05, 0.1) is 37.9 Å². The molecule has 7 atom stereocenters. The van der Waals surface area contributed by atoms with Gasteiger partial charge in [0.1, 0.15) is 24.8 Å². The lowest BCUT2D eigenvalue weighted by molar-refractivity contribution is -0.157. The number of carboxylic acids is 2. The van der Waals surface area contributed by atoms with Crippen LogP contribution in [0, 0.1) is 0 Å². The maximum atomic E-state index is 13.1. The standard InChI is InChI=1S/C57H103N7O16S/c1-5-7-9-11-13-15-17-19-21-23-25-27-29-31-50(72)79-38-43(80-51(73)32-30-28-26-24-22-20-18-16-14-12-10-8-6-2)39-81-40-44(58)54(74)61-36-47(68)59-35-46(67)60-37-48(69)62-45(33-34-49(70)71)55(75)63-52(41(3)65)56(76)64-53(42(4)66)57(77)78/h41-45,52-53,65-66H,5-40,58H2,1-4H3,(H,59,68)(H,60,67)(H,61,74)(H,62,69)(H,63,75)(H,64,76)(H,70,71)(H,77,78)/t41-,42-,43+,44+,45+,52+,53+/m1/s1. The summed E-state index contributed by atoms with van der Waals surface area (Å²) in [4.78, 5) is 125. The van der Waals surface area contributed by atoms with Gasteiger partial charge >= 0.3 is 23.9 Å². The summed E-state index contributed by atoms with van der Waals surface area (Å²) in [5.41, 5.74) is 6.11. The van der Waals surface area contributed by atoms with Crippen LogP contribution in [0.25, 0.3) is 0 Å². The lowest BCUT2D eigenvalue weighted by Gasteiger charge is -2.26. The minimum atomic E-state index is -1.80. The summed E-state index contributed by atoms with van der Waals surface area (Å²) in [6, 6.07) is -6.31. The van der Waals surface area contributed by atoms with E-state index >= 15 is 0 Å². The maximum Gasteiger partial charge on any atom is 0.328 e. The first kappa shape index (κ1) is 75.9. The first-order valence-corrected chi connectivity index (χ1v) is 31.1. The molecule has 81 heavy (non-hydrogen) atoms. The van der Waals surface area contributed by atoms with Gasteiger partial charge in [0.15, 0.2) is 6.04 Å². The van der Waals surface area contributed by atoms with Crippen LogP contribution in [0.15, 0.2) is 0 Å². The second-order valence-corrected chi connectivity index (χ2v) is 22.1. The van der Waals surface area contributed by atoms with Gasteiger partial charge < -0.3 is 67.5 Å². The Kier molecular flexibility index (Phi) is 46.4. The van der Waals surface area contributed by atoms with Crippen LogP contribution in [0.4, 0.5) is 0 Å². The summed E-state index contributed by atoms with van der Waals surface area (Å²) in [6.07, 6.45) is 26.0. The van der Waals surface area contributed by atoms with Crippen LogP contribution < -0.4 is 37.6 Å². The van der Waals surface area contributed by atoms with Crippen molar-refractivity contribution in [3.05, 3.63) is 0 Å². The first-order valence-electron chi connectivity index (χ1n) is 29.9. The van der Waals surface area contributed by atoms with Gasteiger partial charge in [0.2, 0.25) is 35.4 Å². The van der Waals surface area contributed by atoms with Crippen LogP contribution >= 0.6 is 11.8 Å². The Morgan fingerprint density at radius 3 is 1.31 bits per heavy atom. The highest BCUT2D eigenvalue weighted by Crippen LogP contribution is 2.17. The van der Waals surface area contributed by atoms with Crippen LogP contribution in [0.2, 0.25) is 0 Å². The van der Waals surface area contributed by atoms with E-state index in [1.807, 2.05) is 5.32 Å². The highest BCUT2D eigenvalue weighted by atomic mass is 32.2. The number of hydrogen-bond donors (Lipinski definition) is 11. The lowest BCUT2D eigenvalue weighted by Crippen LogP contribution is -2.60. The third-order valence-electron chi connectivity index (χ3n) is 13.4. The Hall–Kier alpha value is -5.07. The molecule has 0 fully saturated rings. The number of aliphatic hydroxyl groups is 2. The number of aliphatic carboxylic acids is 2. The van der Waals surface area contributed by atoms with Crippen LogP contribution in [-0.2, 0) is 57.4 Å². The normalized spacial score (nSPS) is 13.7. The number of amides is 6. The lowest BCUT2D eigenvalue weighted by atomic mass is 10.0. The summed E-state index contributed by atoms with van der Waals surface area (Å²) < 4.78 is 11.3. The third-order valence-corrected chi connectivity index (χ3v) is 14.6. The fourth-order valence-corrected chi connectivity index (χ4v) is 9.42. The van der Waals surface area contributed by atoms with Crippen molar-refractivity contribution in [3.63, 3.8) is 0 Å². The molecule has 24 heteroatoms. The van der Waals surface area contributed by atoms with Crippen molar-refractivity contribution in [1.29, 1.82) is 0 Å². The molecular weight excluding hydrogens is 1070 g/mol. The van der Waals surface area contributed by atoms with Crippen molar-refractivity contribution in [1.82, 2.24) is 31.9 Å². The van der Waals surface area contributed by atoms with Gasteiger partial charge in [-0.2, -0.15) is 11.8 Å². The SMILES string of the molecule is CCCCCCCCCCCCCCCC(=O)OC[C@@H](CSC[C@H](N)C(=O)NCC(=O)NCC(=O)NCC(=O)N[C@@H](CCC(=O)O)C(=O)N[C@H](C(=O)N[C@H](C(=O)O)[C@@H](C)O)[C@@H](C)O)OC(=O)CCCCCCCCCCCCCCC. The van der Waals surface area contributed by atoms with Crippen LogP contribution in [0.1, 0.15) is 220 Å². The summed E-state index contributed by atoms with van der Waals surface area (Å²) >= 11 is 1.21. The van der Waals surface area contributed by atoms with E-state index in [9.17, 15) is 68.4 Å². The molecule has 12 N–H and O–H groups in total. The summed E-state index contributed by atoms with van der Waals surface area (Å²) in [5.74, 6) is -9.16. The number of aliphatic hydroxyl groups excluding tert-OH is 2. The van der Waals surface area contributed by atoms with Crippen molar-refractivity contribution in [2.45, 2.75) is 263 Å². The number of esters is 2. The van der Waals surface area contributed by atoms with Gasteiger partial charge in [0, 0.05) is 30.8 Å². The van der Waals surface area contributed by atoms with Crippen molar-refractivity contribution >= 4 is 71.1 Å². The van der Waals surface area contributed by atoms with E-state index < -0.39 is 128 Å². The zero-order valence-corrected chi connectivity index (χ0v) is 50.0. The highest BCUT2D eigenvalue weighted by Gasteiger charge is 2.34. The van der Waals surface area contributed by atoms with E-state index in [-0.39, 0.29) is 36.9 Å². The Bertz CT molecular complexity index is 1810. The minimum absolute atomic E-state index is 0.0597. The van der Waals surface area contributed by atoms with Gasteiger partial charge in [-0.05, 0) is 33.1 Å². The number of thioether (sulfide) groups is 1. The van der Waals surface area contributed by atoms with Gasteiger partial charge in [-0.15, -0.1) is 0 Å². The molecule has 468 valence electrons. The molecule has 0 aromatic rings. The molecule has 0 aliphatic carbocycles. The van der Waals surface area contributed by atoms with Crippen LogP contribution in [0.3, 0.4) is 0 Å². The van der Waals surface area contributed by atoms with Gasteiger partial charge in [-0.3, -0.25) is 43.2 Å². The number of carboxylic acid groups (broad SMARTS) is 2. The van der Waals surface area contributed by atoms with E-state index in [0.717, 1.165) is 52.4 Å². The summed E-state index contributed by atoms with van der Waals surface area (Å²) in [7, 11) is 0. The summed E-state index contributed by atoms with van der Waals surface area (Å²) in [6.45, 7) is 4.51. The topological polar surface area (TPSA) is 368 Å². The number of rotatable bonds is 53. The van der Waals surface area contributed by atoms with E-state index in [0.29, 0.717) is 12.8 Å². The van der Waals surface area contributed by atoms with E-state index in [4.69, 9.17) is 15.2 Å². The second kappa shape index (κ2) is 49.5. The average molecular weight is 1170 g/mol. The van der Waals surface area contributed by atoms with Crippen molar-refractivity contribution < 1.29 is 77.8 Å². The molecule has 0 aromatic heterocycles. The first-order chi connectivity index (χ1) is 38.7. The number of nitrogens with two attached hydrogens (primary N) is 1. The molecule has 0 unspecified atom stereocenters. The van der Waals surface area contributed by atoms with Gasteiger partial charge in [0.25, 0.3) is 0 Å². The molecule has 0 heterocycles. The Morgan fingerprint density at radius 1 is 0.469 bits per heavy atom. The Morgan fingerprint density at radius 2 is 0.877 bits per heavy atom. The third kappa shape index (κ3) is 43.3. The fraction of sp³-hybridized carbons (Fsp3) is 0.825. The van der Waals surface area contributed by atoms with E-state index in [1.54, 1.807) is 0 Å². The Labute approximate surface area is 485 Å². The predicted octanol–water partition coefficient (Wildman–Crippen LogP) is 4.98. The molecule has 0 rings (SSSR count). The second-order valence-electron chi connectivity index (χ2n) is 21.0. The van der Waals surface area contributed by atoms with Crippen molar-refractivity contribution in [2.75, 3.05) is 37.7 Å². The molecule has 0 aromatic carbocycles. The zero-order valence-electron chi connectivity index (χ0n) is 49.2. The number of hydrogen-bond acceptors (Lipinski definition) is 16. The smallest absolute Gasteiger partial charge is 0.328 e. The Balaban J connectivity index is 5.04. The number of carbonyl (C=O) groups excluding carboxylic acids is 8. The minimum Gasteiger partial charge on any atom is -0.481 e. The van der Waals surface area contributed by atoms with Gasteiger partial charge in [-0.25, -0.2) is 4.79 Å². The number of ether oxygens (including phenoxy) is 2. The van der Waals surface area contributed by atoms with Crippen molar-refractivity contribution in [2.24, 2.45) is 5.73 Å². The molecule has 6 amide bonds. The van der Waals surface area contributed by atoms with Crippen LogP contribution in [-0.4, -0.2) is 160 Å². The summed E-state index contributed by atoms with van der Waals surface area (Å²) in [5, 5.41) is 51.5. The molecule has 0 bridgehead atoms. The molecule has 0 aliphatic heterocycles. The fourth-order valence-electron chi connectivity index (χ4n) is 8.45. The average Bonchev–Trinajstić information content (AvgIpc) is 3.42. The van der Waals surface area contributed by atoms with Gasteiger partial charge in [-0.1, -0.05) is 168 Å². The molecule has 23 nitrogen and oxygen atoms in total. The largest absolute Gasteiger partial charge is 0.481 e. The molecule has 0 spiro atoms. The highest BCUT2D eigenvalue weighted by molar-refractivity contribution is 7.99. The molecule has 0 saturated carbocycles. The number of unbranched alkanes of at least 4 members (excludes halogenated alkanes) is 24. The molecule has 0 aliphatic rings. The molecule has 0 saturated heterocycles. The molecular formula is C57H103N7O16S. The maximum absolute atomic E-state index is 13.1. The predicted molar refractivity (Wildman–Crippen MR) is 309 cm³/mol. The van der Waals surface area contributed by atoms with Crippen LogP contribution in [0.5, 0.6) is 0 Å². The van der Waals surface area contributed by atoms with E-state index in [1.165, 1.54) is 127 Å². The van der Waals surface area contributed by atoms with Crippen molar-refractivity contribution in [3.8, 4) is 0 Å². The van der Waals surface area contributed by atoms with E-state index in [2.05, 4.69) is 40.4 Å². The monoisotopic (exact) mass is 1170 g/mol. The number of carbonyl (C=O) groups is 10. The molecule has 0 radical (unpaired) electrons. The zero-order chi connectivity index (χ0) is 60.6. The quantitative estimate of drug-likeness (QED) is 0.0282.